The molecule has 0 saturated carbocycles. The second-order valence-corrected chi connectivity index (χ2v) is 6.52. The molecule has 2 aromatic carbocycles. The van der Waals surface area contributed by atoms with Crippen molar-refractivity contribution in [2.24, 2.45) is 5.73 Å². The zero-order chi connectivity index (χ0) is 19.9. The highest BCUT2D eigenvalue weighted by Gasteiger charge is 2.12. The van der Waals surface area contributed by atoms with Gasteiger partial charge in [0.05, 0.1) is 30.3 Å². The molecule has 0 spiro atoms. The molecule has 1 aromatic heterocycles. The van der Waals surface area contributed by atoms with E-state index in [4.69, 9.17) is 23.2 Å². The number of nitrogens with two attached hydrogens (primary N) is 1. The summed E-state index contributed by atoms with van der Waals surface area (Å²) < 4.78 is 1.70. The predicted octanol–water partition coefficient (Wildman–Crippen LogP) is 4.32. The zero-order valence-electron chi connectivity index (χ0n) is 15.0. The Labute approximate surface area is 169 Å². The Morgan fingerprint density at radius 1 is 1.04 bits per heavy atom. The highest BCUT2D eigenvalue weighted by molar-refractivity contribution is 7.80. The maximum absolute atomic E-state index is 9.27. The fourth-order valence-corrected chi connectivity index (χ4v) is 2.92. The van der Waals surface area contributed by atoms with Gasteiger partial charge >= 0.3 is 0 Å². The fraction of sp³-hybridized carbons (Fsp3) is 0.0909. The number of nitriles is 2. The number of benzene rings is 2. The third-order valence-electron chi connectivity index (χ3n) is 4.19. The maximum Gasteiger partial charge on any atom is 0.114 e. The summed E-state index contributed by atoms with van der Waals surface area (Å²) in [5, 5.41) is 22.7. The Morgan fingerprint density at radius 3 is 2.29 bits per heavy atom. The van der Waals surface area contributed by atoms with Gasteiger partial charge in [-0.1, -0.05) is 66.8 Å². The minimum absolute atomic E-state index is 0.0395. The van der Waals surface area contributed by atoms with Crippen molar-refractivity contribution < 1.29 is 0 Å². The largest absolute Gasteiger partial charge is 0.389 e. The molecule has 3 rings (SSSR count). The third-order valence-corrected chi connectivity index (χ3v) is 4.41. The van der Waals surface area contributed by atoms with Crippen LogP contribution in [0.2, 0.25) is 0 Å². The zero-order valence-corrected chi connectivity index (χ0v) is 15.9. The summed E-state index contributed by atoms with van der Waals surface area (Å²) in [5.74, 6) is 0. The number of rotatable bonds is 6. The summed E-state index contributed by atoms with van der Waals surface area (Å²) >= 11 is 4.94. The van der Waals surface area contributed by atoms with Crippen LogP contribution in [0.1, 0.15) is 12.0 Å². The van der Waals surface area contributed by atoms with Gasteiger partial charge in [-0.25, -0.2) is 0 Å². The Hall–Kier alpha value is -3.74. The molecule has 0 aliphatic carbocycles. The number of hydrogen-bond acceptors (Lipinski definition) is 4. The van der Waals surface area contributed by atoms with Gasteiger partial charge in [0.1, 0.15) is 11.1 Å². The van der Waals surface area contributed by atoms with Crippen LogP contribution in [0.25, 0.3) is 28.5 Å². The number of aryl methyl sites for hydroxylation is 1. The molecule has 0 amide bonds. The van der Waals surface area contributed by atoms with Gasteiger partial charge in [-0.2, -0.15) is 15.6 Å². The first-order valence-electron chi connectivity index (χ1n) is 8.64. The van der Waals surface area contributed by atoms with Crippen molar-refractivity contribution in [2.45, 2.75) is 13.0 Å². The molecule has 0 bridgehead atoms. The normalized spacial score (nSPS) is 10.9. The predicted molar refractivity (Wildman–Crippen MR) is 114 cm³/mol. The van der Waals surface area contributed by atoms with Crippen LogP contribution in [-0.2, 0) is 6.54 Å². The Bertz CT molecular complexity index is 1100. The second-order valence-electron chi connectivity index (χ2n) is 6.08. The van der Waals surface area contributed by atoms with Crippen LogP contribution in [0.4, 0.5) is 0 Å². The SMILES string of the molecule is N#CCCn1cc(/C=C(\C#N)C(N)=S)c(-c2ccc(-c3ccccc3)cc2)n1. The van der Waals surface area contributed by atoms with Crippen molar-refractivity contribution in [1.29, 1.82) is 10.5 Å². The lowest BCUT2D eigenvalue weighted by atomic mass is 10.0. The molecule has 0 unspecified atom stereocenters. The van der Waals surface area contributed by atoms with Crippen molar-refractivity contribution in [3.63, 3.8) is 0 Å². The molecule has 0 saturated heterocycles. The molecule has 0 aliphatic heterocycles. The van der Waals surface area contributed by atoms with E-state index in [0.29, 0.717) is 18.7 Å². The van der Waals surface area contributed by atoms with Crippen LogP contribution in [0.5, 0.6) is 0 Å². The highest BCUT2D eigenvalue weighted by Crippen LogP contribution is 2.27. The van der Waals surface area contributed by atoms with Crippen molar-refractivity contribution in [3.8, 4) is 34.5 Å². The van der Waals surface area contributed by atoms with E-state index in [1.165, 1.54) is 0 Å². The summed E-state index contributed by atoms with van der Waals surface area (Å²) in [7, 11) is 0. The molecular formula is C22H17N5S. The molecule has 0 atom stereocenters. The molecule has 6 heteroatoms. The van der Waals surface area contributed by atoms with E-state index in [0.717, 1.165) is 22.3 Å². The van der Waals surface area contributed by atoms with E-state index < -0.39 is 0 Å². The van der Waals surface area contributed by atoms with E-state index in [9.17, 15) is 5.26 Å². The van der Waals surface area contributed by atoms with E-state index in [1.807, 2.05) is 48.5 Å². The molecule has 0 radical (unpaired) electrons. The van der Waals surface area contributed by atoms with Crippen LogP contribution >= 0.6 is 12.2 Å². The Balaban J connectivity index is 2.02. The highest BCUT2D eigenvalue weighted by atomic mass is 32.1. The van der Waals surface area contributed by atoms with Gasteiger partial charge in [0.25, 0.3) is 0 Å². The smallest absolute Gasteiger partial charge is 0.114 e. The van der Waals surface area contributed by atoms with E-state index in [1.54, 1.807) is 17.0 Å². The molecule has 3 aromatic rings. The van der Waals surface area contributed by atoms with Gasteiger partial charge < -0.3 is 5.73 Å². The van der Waals surface area contributed by atoms with Crippen LogP contribution in [0, 0.1) is 22.7 Å². The molecule has 1 heterocycles. The molecule has 28 heavy (non-hydrogen) atoms. The summed E-state index contributed by atoms with van der Waals surface area (Å²) in [6.07, 6.45) is 3.78. The number of aromatic nitrogens is 2. The third kappa shape index (κ3) is 4.32. The molecule has 5 nitrogen and oxygen atoms in total. The monoisotopic (exact) mass is 383 g/mol. The summed E-state index contributed by atoms with van der Waals surface area (Å²) in [5.41, 5.74) is 10.4. The summed E-state index contributed by atoms with van der Waals surface area (Å²) in [6.45, 7) is 0.467. The van der Waals surface area contributed by atoms with Crippen molar-refractivity contribution >= 4 is 23.3 Å². The first-order valence-corrected chi connectivity index (χ1v) is 9.05. The van der Waals surface area contributed by atoms with Crippen molar-refractivity contribution in [1.82, 2.24) is 9.78 Å². The van der Waals surface area contributed by atoms with Gasteiger partial charge in [0.15, 0.2) is 0 Å². The van der Waals surface area contributed by atoms with Crippen LogP contribution in [0.3, 0.4) is 0 Å². The van der Waals surface area contributed by atoms with Gasteiger partial charge in [0.2, 0.25) is 0 Å². The second kappa shape index (κ2) is 8.77. The van der Waals surface area contributed by atoms with Crippen LogP contribution in [-0.4, -0.2) is 14.8 Å². The molecule has 0 aliphatic rings. The lowest BCUT2D eigenvalue weighted by Gasteiger charge is -2.04. The topological polar surface area (TPSA) is 91.4 Å². The van der Waals surface area contributed by atoms with Gasteiger partial charge in [-0.3, -0.25) is 4.68 Å². The first-order chi connectivity index (χ1) is 13.6. The van der Waals surface area contributed by atoms with Gasteiger partial charge in [-0.05, 0) is 17.2 Å². The minimum Gasteiger partial charge on any atom is -0.389 e. The van der Waals surface area contributed by atoms with Gasteiger partial charge in [0, 0.05) is 17.3 Å². The standard InChI is InChI=1S/C22H17N5S/c23-11-4-12-27-15-20(13-19(14-24)22(25)28)21(26-27)18-9-7-17(8-10-18)16-5-2-1-3-6-16/h1-3,5-10,13,15H,4,12H2,(H2,25,28)/b19-13+. The van der Waals surface area contributed by atoms with Crippen molar-refractivity contribution in [2.75, 3.05) is 0 Å². The van der Waals surface area contributed by atoms with E-state index >= 15 is 0 Å². The Morgan fingerprint density at radius 2 is 1.68 bits per heavy atom. The number of nitrogens with zero attached hydrogens (tertiary/aromatic N) is 4. The molecule has 2 N–H and O–H groups in total. The maximum atomic E-state index is 9.27. The van der Waals surface area contributed by atoms with Crippen molar-refractivity contribution in [3.05, 3.63) is 71.9 Å². The van der Waals surface area contributed by atoms with Crippen LogP contribution < -0.4 is 5.73 Å². The summed E-state index contributed by atoms with van der Waals surface area (Å²) in [4.78, 5) is 0.0395. The lowest BCUT2D eigenvalue weighted by molar-refractivity contribution is 0.629. The average Bonchev–Trinajstić information content (AvgIpc) is 3.13. The van der Waals surface area contributed by atoms with E-state index in [2.05, 4.69) is 23.3 Å². The minimum atomic E-state index is 0.0395. The molecular weight excluding hydrogens is 366 g/mol. The summed E-state index contributed by atoms with van der Waals surface area (Å²) in [6, 6.07) is 22.3. The number of hydrogen-bond donors (Lipinski definition) is 1. The lowest BCUT2D eigenvalue weighted by Crippen LogP contribution is -2.09. The Kier molecular flexibility index (Phi) is 5.96. The molecule has 136 valence electrons. The van der Waals surface area contributed by atoms with E-state index in [-0.39, 0.29) is 10.6 Å². The van der Waals surface area contributed by atoms with Gasteiger partial charge in [-0.15, -0.1) is 0 Å². The first kappa shape index (κ1) is 19.0. The number of thiocarbonyl (C=S) groups is 1. The average molecular weight is 383 g/mol. The van der Waals surface area contributed by atoms with Crippen LogP contribution in [0.15, 0.2) is 66.4 Å². The fourth-order valence-electron chi connectivity index (χ4n) is 2.81. The quantitative estimate of drug-likeness (QED) is 0.389. The molecule has 0 fully saturated rings.